The zero-order chi connectivity index (χ0) is 19.2. The van der Waals surface area contributed by atoms with E-state index in [4.69, 9.17) is 9.47 Å². The monoisotopic (exact) mass is 361 g/mol. The second-order valence-electron chi connectivity index (χ2n) is 6.30. The van der Waals surface area contributed by atoms with Crippen LogP contribution in [-0.2, 0) is 11.3 Å². The molecule has 0 fully saturated rings. The van der Waals surface area contributed by atoms with Crippen molar-refractivity contribution in [3.63, 3.8) is 0 Å². The Kier molecular flexibility index (Phi) is 5.87. The Labute approximate surface area is 159 Å². The summed E-state index contributed by atoms with van der Waals surface area (Å²) in [7, 11) is 0. The summed E-state index contributed by atoms with van der Waals surface area (Å²) in [5.74, 6) is 0.425. The summed E-state index contributed by atoms with van der Waals surface area (Å²) in [5.41, 5.74) is 5.13. The van der Waals surface area contributed by atoms with Crippen LogP contribution in [0.2, 0.25) is 0 Å². The SMILES string of the molecule is CCOC(=O)c1cccc(-c2c(OCc3ccccc3)cc(C)nc2C)c1. The normalized spacial score (nSPS) is 10.5. The van der Waals surface area contributed by atoms with Gasteiger partial charge in [-0.05, 0) is 44.0 Å². The molecule has 4 nitrogen and oxygen atoms in total. The first kappa shape index (κ1) is 18.6. The lowest BCUT2D eigenvalue weighted by Gasteiger charge is -2.15. The van der Waals surface area contributed by atoms with Gasteiger partial charge in [-0.2, -0.15) is 0 Å². The number of carbonyl (C=O) groups is 1. The fourth-order valence-corrected chi connectivity index (χ4v) is 3.01. The molecule has 0 bridgehead atoms. The molecular weight excluding hydrogens is 338 g/mol. The predicted octanol–water partition coefficient (Wildman–Crippen LogP) is 5.12. The zero-order valence-electron chi connectivity index (χ0n) is 15.9. The first-order valence-electron chi connectivity index (χ1n) is 9.01. The minimum atomic E-state index is -0.330. The maximum atomic E-state index is 12.1. The van der Waals surface area contributed by atoms with Gasteiger partial charge in [0.25, 0.3) is 0 Å². The minimum Gasteiger partial charge on any atom is -0.488 e. The van der Waals surface area contributed by atoms with Crippen LogP contribution in [0.4, 0.5) is 0 Å². The van der Waals surface area contributed by atoms with Crippen molar-refractivity contribution in [2.45, 2.75) is 27.4 Å². The van der Waals surface area contributed by atoms with Crippen molar-refractivity contribution in [2.75, 3.05) is 6.61 Å². The largest absolute Gasteiger partial charge is 0.488 e. The third kappa shape index (κ3) is 4.53. The van der Waals surface area contributed by atoms with E-state index in [2.05, 4.69) is 4.98 Å². The average molecular weight is 361 g/mol. The Morgan fingerprint density at radius 1 is 1.00 bits per heavy atom. The number of ether oxygens (including phenoxy) is 2. The van der Waals surface area contributed by atoms with Crippen LogP contribution in [-0.4, -0.2) is 17.6 Å². The van der Waals surface area contributed by atoms with Gasteiger partial charge >= 0.3 is 5.97 Å². The van der Waals surface area contributed by atoms with E-state index in [1.165, 1.54) is 0 Å². The molecule has 0 amide bonds. The van der Waals surface area contributed by atoms with Gasteiger partial charge in [0.2, 0.25) is 0 Å². The average Bonchev–Trinajstić information content (AvgIpc) is 2.67. The van der Waals surface area contributed by atoms with Gasteiger partial charge in [-0.3, -0.25) is 4.98 Å². The first-order chi connectivity index (χ1) is 13.1. The highest BCUT2D eigenvalue weighted by Crippen LogP contribution is 2.34. The molecule has 4 heteroatoms. The molecule has 0 spiro atoms. The summed E-state index contributed by atoms with van der Waals surface area (Å²) in [6.45, 7) is 6.51. The van der Waals surface area contributed by atoms with Crippen molar-refractivity contribution in [1.82, 2.24) is 4.98 Å². The molecule has 0 aliphatic rings. The summed E-state index contributed by atoms with van der Waals surface area (Å²) in [5, 5.41) is 0. The van der Waals surface area contributed by atoms with Gasteiger partial charge in [-0.1, -0.05) is 42.5 Å². The highest BCUT2D eigenvalue weighted by molar-refractivity contribution is 5.91. The summed E-state index contributed by atoms with van der Waals surface area (Å²) >= 11 is 0. The van der Waals surface area contributed by atoms with Gasteiger partial charge in [0, 0.05) is 23.0 Å². The van der Waals surface area contributed by atoms with E-state index in [1.54, 1.807) is 13.0 Å². The number of pyridine rings is 1. The van der Waals surface area contributed by atoms with Gasteiger partial charge in [-0.15, -0.1) is 0 Å². The molecule has 0 unspecified atom stereocenters. The van der Waals surface area contributed by atoms with Gasteiger partial charge < -0.3 is 9.47 Å². The second-order valence-corrected chi connectivity index (χ2v) is 6.30. The minimum absolute atomic E-state index is 0.330. The number of aryl methyl sites for hydroxylation is 2. The number of rotatable bonds is 6. The number of carbonyl (C=O) groups excluding carboxylic acids is 1. The molecule has 0 aliphatic heterocycles. The third-order valence-electron chi connectivity index (χ3n) is 4.19. The first-order valence-corrected chi connectivity index (χ1v) is 9.01. The number of hydrogen-bond donors (Lipinski definition) is 0. The van der Waals surface area contributed by atoms with Crippen LogP contribution in [0.3, 0.4) is 0 Å². The fraction of sp³-hybridized carbons (Fsp3) is 0.217. The van der Waals surface area contributed by atoms with E-state index >= 15 is 0 Å². The quantitative estimate of drug-likeness (QED) is 0.572. The van der Waals surface area contributed by atoms with E-state index < -0.39 is 0 Å². The fourth-order valence-electron chi connectivity index (χ4n) is 3.01. The molecule has 0 aliphatic carbocycles. The second kappa shape index (κ2) is 8.49. The van der Waals surface area contributed by atoms with Gasteiger partial charge in [0.05, 0.1) is 12.2 Å². The Morgan fingerprint density at radius 3 is 2.52 bits per heavy atom. The van der Waals surface area contributed by atoms with Crippen LogP contribution in [0.15, 0.2) is 60.7 Å². The molecule has 0 N–H and O–H groups in total. The molecule has 2 aromatic carbocycles. The molecule has 0 radical (unpaired) electrons. The van der Waals surface area contributed by atoms with Crippen molar-refractivity contribution < 1.29 is 14.3 Å². The topological polar surface area (TPSA) is 48.4 Å². The van der Waals surface area contributed by atoms with E-state index in [-0.39, 0.29) is 5.97 Å². The van der Waals surface area contributed by atoms with E-state index in [0.29, 0.717) is 18.8 Å². The summed E-state index contributed by atoms with van der Waals surface area (Å²) < 4.78 is 11.2. The van der Waals surface area contributed by atoms with Crippen LogP contribution in [0, 0.1) is 13.8 Å². The van der Waals surface area contributed by atoms with Crippen LogP contribution in [0.1, 0.15) is 34.2 Å². The maximum absolute atomic E-state index is 12.1. The highest BCUT2D eigenvalue weighted by Gasteiger charge is 2.15. The molecule has 0 saturated carbocycles. The van der Waals surface area contributed by atoms with Crippen molar-refractivity contribution in [3.05, 3.63) is 83.2 Å². The molecule has 1 aromatic heterocycles. The Morgan fingerprint density at radius 2 is 1.78 bits per heavy atom. The summed E-state index contributed by atoms with van der Waals surface area (Å²) in [4.78, 5) is 16.7. The number of benzene rings is 2. The number of hydrogen-bond acceptors (Lipinski definition) is 4. The predicted molar refractivity (Wildman–Crippen MR) is 106 cm³/mol. The van der Waals surface area contributed by atoms with E-state index in [0.717, 1.165) is 33.8 Å². The van der Waals surface area contributed by atoms with Crippen molar-refractivity contribution in [2.24, 2.45) is 0 Å². The van der Waals surface area contributed by atoms with E-state index in [9.17, 15) is 4.79 Å². The molecule has 3 rings (SSSR count). The van der Waals surface area contributed by atoms with Gasteiger partial charge in [0.1, 0.15) is 12.4 Å². The van der Waals surface area contributed by atoms with Crippen LogP contribution in [0.25, 0.3) is 11.1 Å². The Bertz CT molecular complexity index is 936. The lowest BCUT2D eigenvalue weighted by molar-refractivity contribution is 0.0526. The smallest absolute Gasteiger partial charge is 0.338 e. The van der Waals surface area contributed by atoms with Crippen LogP contribution in [0.5, 0.6) is 5.75 Å². The number of aromatic nitrogens is 1. The Balaban J connectivity index is 1.97. The lowest BCUT2D eigenvalue weighted by atomic mass is 10.0. The number of nitrogens with zero attached hydrogens (tertiary/aromatic N) is 1. The number of esters is 1. The summed E-state index contributed by atoms with van der Waals surface area (Å²) in [6.07, 6.45) is 0. The van der Waals surface area contributed by atoms with E-state index in [1.807, 2.05) is 68.4 Å². The zero-order valence-corrected chi connectivity index (χ0v) is 15.9. The van der Waals surface area contributed by atoms with Gasteiger partial charge in [-0.25, -0.2) is 4.79 Å². The lowest BCUT2D eigenvalue weighted by Crippen LogP contribution is -2.05. The molecule has 3 aromatic rings. The van der Waals surface area contributed by atoms with Crippen molar-refractivity contribution in [1.29, 1.82) is 0 Å². The van der Waals surface area contributed by atoms with Crippen LogP contribution < -0.4 is 4.74 Å². The van der Waals surface area contributed by atoms with Gasteiger partial charge in [0.15, 0.2) is 0 Å². The maximum Gasteiger partial charge on any atom is 0.338 e. The molecule has 0 atom stereocenters. The molecule has 0 saturated heterocycles. The van der Waals surface area contributed by atoms with Crippen molar-refractivity contribution >= 4 is 5.97 Å². The highest BCUT2D eigenvalue weighted by atomic mass is 16.5. The standard InChI is InChI=1S/C23H23NO3/c1-4-26-23(25)20-12-8-11-19(14-20)22-17(3)24-16(2)13-21(22)27-15-18-9-6-5-7-10-18/h5-14H,4,15H2,1-3H3. The van der Waals surface area contributed by atoms with Crippen LogP contribution >= 0.6 is 0 Å². The third-order valence-corrected chi connectivity index (χ3v) is 4.19. The molecule has 1 heterocycles. The molecule has 27 heavy (non-hydrogen) atoms. The Hall–Kier alpha value is -3.14. The summed E-state index contributed by atoms with van der Waals surface area (Å²) in [6, 6.07) is 19.3. The molecule has 138 valence electrons. The molecular formula is C23H23NO3. The van der Waals surface area contributed by atoms with Crippen molar-refractivity contribution in [3.8, 4) is 16.9 Å².